The van der Waals surface area contributed by atoms with Crippen LogP contribution in [0.1, 0.15) is 39.2 Å². The van der Waals surface area contributed by atoms with E-state index in [0.717, 1.165) is 22.5 Å². The quantitative estimate of drug-likeness (QED) is 0.630. The Morgan fingerprint density at radius 2 is 2.19 bits per heavy atom. The van der Waals surface area contributed by atoms with Gasteiger partial charge in [0.1, 0.15) is 0 Å². The molecule has 8 heteroatoms. The van der Waals surface area contributed by atoms with Gasteiger partial charge < -0.3 is 15.7 Å². The first-order valence-corrected chi connectivity index (χ1v) is 9.76. The van der Waals surface area contributed by atoms with Crippen molar-refractivity contribution in [2.24, 2.45) is 0 Å². The average Bonchev–Trinajstić information content (AvgIpc) is 3.00. The number of aryl methyl sites for hydroxylation is 1. The van der Waals surface area contributed by atoms with Crippen LogP contribution in [0.5, 0.6) is 0 Å². The standard InChI is InChI=1S/C19H24N4O3S/c1-11(9-19(2,3)26)20-17(25)23-18-22-15(10-27-18)13-4-6-14-12(8-13)5-7-16(24)21-14/h4,6,8,10-11,26H,5,7,9H2,1-3H3,(H,21,24)(H2,20,22,23,25). The summed E-state index contributed by atoms with van der Waals surface area (Å²) in [5.41, 5.74) is 2.83. The molecule has 1 atom stereocenters. The maximum atomic E-state index is 12.1. The van der Waals surface area contributed by atoms with Gasteiger partial charge in [-0.2, -0.15) is 0 Å². The van der Waals surface area contributed by atoms with Gasteiger partial charge in [-0.05, 0) is 51.3 Å². The fraction of sp³-hybridized carbons (Fsp3) is 0.421. The van der Waals surface area contributed by atoms with Crippen LogP contribution >= 0.6 is 11.3 Å². The normalized spacial score (nSPS) is 14.9. The van der Waals surface area contributed by atoms with Gasteiger partial charge in [0, 0.05) is 29.1 Å². The van der Waals surface area contributed by atoms with E-state index in [1.807, 2.05) is 30.5 Å². The lowest BCUT2D eigenvalue weighted by molar-refractivity contribution is -0.116. The predicted octanol–water partition coefficient (Wildman–Crippen LogP) is 3.37. The number of hydrogen-bond acceptors (Lipinski definition) is 5. The number of nitrogens with zero attached hydrogens (tertiary/aromatic N) is 1. The van der Waals surface area contributed by atoms with E-state index in [-0.39, 0.29) is 18.0 Å². The second kappa shape index (κ2) is 7.66. The minimum Gasteiger partial charge on any atom is -0.390 e. The average molecular weight is 388 g/mol. The van der Waals surface area contributed by atoms with E-state index in [2.05, 4.69) is 20.9 Å². The molecule has 3 amide bonds. The second-order valence-corrected chi connectivity index (χ2v) is 8.33. The van der Waals surface area contributed by atoms with Crippen molar-refractivity contribution in [1.29, 1.82) is 0 Å². The number of amides is 3. The minimum atomic E-state index is -0.840. The first kappa shape index (κ1) is 19.3. The Kier molecular flexibility index (Phi) is 5.48. The largest absolute Gasteiger partial charge is 0.390 e. The molecule has 0 saturated heterocycles. The molecule has 4 N–H and O–H groups in total. The van der Waals surface area contributed by atoms with Gasteiger partial charge in [-0.3, -0.25) is 10.1 Å². The topological polar surface area (TPSA) is 103 Å². The van der Waals surface area contributed by atoms with E-state index in [1.165, 1.54) is 11.3 Å². The van der Waals surface area contributed by atoms with Crippen LogP contribution in [0.3, 0.4) is 0 Å². The summed E-state index contributed by atoms with van der Waals surface area (Å²) < 4.78 is 0. The zero-order valence-electron chi connectivity index (χ0n) is 15.6. The monoisotopic (exact) mass is 388 g/mol. The van der Waals surface area contributed by atoms with Crippen LogP contribution in [0.4, 0.5) is 15.6 Å². The van der Waals surface area contributed by atoms with Crippen molar-refractivity contribution in [2.45, 2.75) is 51.7 Å². The Balaban J connectivity index is 1.63. The van der Waals surface area contributed by atoms with E-state index < -0.39 is 5.60 Å². The van der Waals surface area contributed by atoms with Gasteiger partial charge in [0.25, 0.3) is 0 Å². The molecule has 0 bridgehead atoms. The van der Waals surface area contributed by atoms with Crippen molar-refractivity contribution in [1.82, 2.24) is 10.3 Å². The number of benzene rings is 1. The van der Waals surface area contributed by atoms with Crippen LogP contribution in [0.15, 0.2) is 23.6 Å². The molecule has 3 rings (SSSR count). The van der Waals surface area contributed by atoms with Gasteiger partial charge in [0.2, 0.25) is 5.91 Å². The van der Waals surface area contributed by atoms with E-state index in [9.17, 15) is 14.7 Å². The minimum absolute atomic E-state index is 0.0419. The first-order valence-electron chi connectivity index (χ1n) is 8.88. The van der Waals surface area contributed by atoms with Gasteiger partial charge in [-0.15, -0.1) is 11.3 Å². The van der Waals surface area contributed by atoms with Gasteiger partial charge in [0.05, 0.1) is 11.3 Å². The number of rotatable bonds is 5. The molecule has 0 fully saturated rings. The summed E-state index contributed by atoms with van der Waals surface area (Å²) in [6.07, 6.45) is 1.66. The van der Waals surface area contributed by atoms with E-state index in [0.29, 0.717) is 24.4 Å². The zero-order valence-corrected chi connectivity index (χ0v) is 16.4. The summed E-state index contributed by atoms with van der Waals surface area (Å²) >= 11 is 1.35. The molecule has 144 valence electrons. The molecule has 2 heterocycles. The summed E-state index contributed by atoms with van der Waals surface area (Å²) in [5, 5.41) is 20.6. The molecule has 0 saturated carbocycles. The lowest BCUT2D eigenvalue weighted by Gasteiger charge is -2.22. The Bertz CT molecular complexity index is 857. The molecule has 0 spiro atoms. The number of urea groups is 1. The molecule has 1 aromatic heterocycles. The number of aromatic nitrogens is 1. The van der Waals surface area contributed by atoms with Crippen molar-refractivity contribution in [3.05, 3.63) is 29.1 Å². The summed E-state index contributed by atoms with van der Waals surface area (Å²) in [6, 6.07) is 5.31. The number of aliphatic hydroxyl groups is 1. The summed E-state index contributed by atoms with van der Waals surface area (Å²) in [7, 11) is 0. The molecule has 1 unspecified atom stereocenters. The van der Waals surface area contributed by atoms with Crippen LogP contribution in [-0.4, -0.2) is 33.7 Å². The van der Waals surface area contributed by atoms with Crippen molar-refractivity contribution < 1.29 is 14.7 Å². The highest BCUT2D eigenvalue weighted by molar-refractivity contribution is 7.14. The number of hydrogen-bond donors (Lipinski definition) is 4. The lowest BCUT2D eigenvalue weighted by Crippen LogP contribution is -2.40. The molecule has 2 aromatic rings. The Hall–Kier alpha value is -2.45. The highest BCUT2D eigenvalue weighted by Crippen LogP contribution is 2.30. The predicted molar refractivity (Wildman–Crippen MR) is 107 cm³/mol. The number of nitrogens with one attached hydrogen (secondary N) is 3. The highest BCUT2D eigenvalue weighted by atomic mass is 32.1. The Labute approximate surface area is 162 Å². The molecular weight excluding hydrogens is 364 g/mol. The summed E-state index contributed by atoms with van der Waals surface area (Å²) in [5.74, 6) is 0.0419. The van der Waals surface area contributed by atoms with Crippen LogP contribution in [0.2, 0.25) is 0 Å². The summed E-state index contributed by atoms with van der Waals surface area (Å²) in [4.78, 5) is 28.0. The molecule has 0 radical (unpaired) electrons. The molecular formula is C19H24N4O3S. The third-order valence-corrected chi connectivity index (χ3v) is 4.96. The molecule has 1 aliphatic rings. The van der Waals surface area contributed by atoms with Crippen molar-refractivity contribution in [2.75, 3.05) is 10.6 Å². The Morgan fingerprint density at radius 1 is 1.41 bits per heavy atom. The third kappa shape index (κ3) is 5.27. The van der Waals surface area contributed by atoms with Gasteiger partial charge in [0.15, 0.2) is 5.13 Å². The van der Waals surface area contributed by atoms with E-state index in [1.54, 1.807) is 13.8 Å². The first-order chi connectivity index (χ1) is 12.7. The number of carbonyl (C=O) groups excluding carboxylic acids is 2. The lowest BCUT2D eigenvalue weighted by atomic mass is 9.99. The molecule has 1 aromatic carbocycles. The van der Waals surface area contributed by atoms with E-state index in [4.69, 9.17) is 0 Å². The van der Waals surface area contributed by atoms with Gasteiger partial charge >= 0.3 is 6.03 Å². The number of carbonyl (C=O) groups is 2. The second-order valence-electron chi connectivity index (χ2n) is 7.47. The maximum absolute atomic E-state index is 12.1. The van der Waals surface area contributed by atoms with Crippen molar-refractivity contribution in [3.8, 4) is 11.3 Å². The van der Waals surface area contributed by atoms with Crippen molar-refractivity contribution in [3.63, 3.8) is 0 Å². The van der Waals surface area contributed by atoms with Crippen LogP contribution in [-0.2, 0) is 11.2 Å². The summed E-state index contributed by atoms with van der Waals surface area (Å²) in [6.45, 7) is 5.26. The van der Waals surface area contributed by atoms with Gasteiger partial charge in [-0.1, -0.05) is 6.07 Å². The molecule has 27 heavy (non-hydrogen) atoms. The zero-order chi connectivity index (χ0) is 19.6. The number of anilines is 2. The molecule has 7 nitrogen and oxygen atoms in total. The highest BCUT2D eigenvalue weighted by Gasteiger charge is 2.19. The fourth-order valence-electron chi connectivity index (χ4n) is 3.16. The maximum Gasteiger partial charge on any atom is 0.321 e. The third-order valence-electron chi connectivity index (χ3n) is 4.20. The van der Waals surface area contributed by atoms with E-state index >= 15 is 0 Å². The SMILES string of the molecule is CC(CC(C)(C)O)NC(=O)Nc1nc(-c2ccc3c(c2)CCC(=O)N3)cs1. The fourth-order valence-corrected chi connectivity index (χ4v) is 3.88. The Morgan fingerprint density at radius 3 is 2.93 bits per heavy atom. The smallest absolute Gasteiger partial charge is 0.321 e. The van der Waals surface area contributed by atoms with Crippen LogP contribution < -0.4 is 16.0 Å². The number of fused-ring (bicyclic) bond motifs is 1. The van der Waals surface area contributed by atoms with Crippen LogP contribution in [0.25, 0.3) is 11.3 Å². The molecule has 0 aliphatic carbocycles. The van der Waals surface area contributed by atoms with Gasteiger partial charge in [-0.25, -0.2) is 9.78 Å². The van der Waals surface area contributed by atoms with Crippen LogP contribution in [0, 0.1) is 0 Å². The van der Waals surface area contributed by atoms with Crippen molar-refractivity contribution >= 4 is 34.1 Å². The number of thiazole rings is 1. The molecule has 1 aliphatic heterocycles.